The molecule has 7 heteroatoms. The van der Waals surface area contributed by atoms with Crippen LogP contribution in [0.2, 0.25) is 0 Å². The molecule has 0 aromatic heterocycles. The van der Waals surface area contributed by atoms with Crippen LogP contribution in [0.1, 0.15) is 17.3 Å². The Labute approximate surface area is 144 Å². The highest BCUT2D eigenvalue weighted by Crippen LogP contribution is 2.22. The normalized spacial score (nSPS) is 9.84. The quantitative estimate of drug-likeness (QED) is 0.787. The Kier molecular flexibility index (Phi) is 6.11. The summed E-state index contributed by atoms with van der Waals surface area (Å²) in [6.07, 6.45) is 0. The molecule has 0 saturated carbocycles. The third-order valence-corrected chi connectivity index (χ3v) is 3.16. The third-order valence-electron chi connectivity index (χ3n) is 3.16. The Hall–Kier alpha value is -3.35. The number of carbonyl (C=O) groups excluding carboxylic acids is 3. The molecule has 0 spiro atoms. The van der Waals surface area contributed by atoms with Gasteiger partial charge in [-0.05, 0) is 36.4 Å². The van der Waals surface area contributed by atoms with Crippen LogP contribution in [0.25, 0.3) is 0 Å². The van der Waals surface area contributed by atoms with E-state index in [9.17, 15) is 14.4 Å². The fraction of sp³-hybridized carbons (Fsp3) is 0.167. The third kappa shape index (κ3) is 5.35. The van der Waals surface area contributed by atoms with E-state index in [-0.39, 0.29) is 11.5 Å². The molecule has 2 rings (SSSR count). The lowest BCUT2D eigenvalue weighted by Crippen LogP contribution is -2.21. The Bertz CT molecular complexity index is 771. The number of hydrogen-bond donors (Lipinski definition) is 2. The maximum absolute atomic E-state index is 11.9. The van der Waals surface area contributed by atoms with E-state index in [1.807, 2.05) is 0 Å². The SMILES string of the molecule is COc1ccccc1NC(=O)COC(=O)c1ccc(NC(C)=O)cc1. The number of ether oxygens (including phenoxy) is 2. The summed E-state index contributed by atoms with van der Waals surface area (Å²) in [5.41, 5.74) is 1.34. The number of rotatable bonds is 6. The van der Waals surface area contributed by atoms with Crippen molar-refractivity contribution in [1.29, 1.82) is 0 Å². The molecule has 0 fully saturated rings. The van der Waals surface area contributed by atoms with Crippen molar-refractivity contribution in [2.75, 3.05) is 24.4 Å². The Morgan fingerprint density at radius 3 is 2.28 bits per heavy atom. The average Bonchev–Trinajstić information content (AvgIpc) is 2.60. The highest BCUT2D eigenvalue weighted by Gasteiger charge is 2.12. The second-order valence-electron chi connectivity index (χ2n) is 5.08. The number of para-hydroxylation sites is 2. The van der Waals surface area contributed by atoms with Gasteiger partial charge in [0.15, 0.2) is 6.61 Å². The van der Waals surface area contributed by atoms with Crippen molar-refractivity contribution < 1.29 is 23.9 Å². The van der Waals surface area contributed by atoms with Crippen molar-refractivity contribution in [3.63, 3.8) is 0 Å². The minimum Gasteiger partial charge on any atom is -0.495 e. The first-order valence-corrected chi connectivity index (χ1v) is 7.47. The van der Waals surface area contributed by atoms with Crippen LogP contribution in [0.15, 0.2) is 48.5 Å². The first-order chi connectivity index (χ1) is 12.0. The van der Waals surface area contributed by atoms with Crippen LogP contribution in [0.4, 0.5) is 11.4 Å². The van der Waals surface area contributed by atoms with Gasteiger partial charge in [0.1, 0.15) is 5.75 Å². The van der Waals surface area contributed by atoms with Gasteiger partial charge in [-0.1, -0.05) is 12.1 Å². The summed E-state index contributed by atoms with van der Waals surface area (Å²) in [7, 11) is 1.50. The number of anilines is 2. The Morgan fingerprint density at radius 2 is 1.64 bits per heavy atom. The topological polar surface area (TPSA) is 93.7 Å². The number of hydrogen-bond acceptors (Lipinski definition) is 5. The average molecular weight is 342 g/mol. The second-order valence-corrected chi connectivity index (χ2v) is 5.08. The summed E-state index contributed by atoms with van der Waals surface area (Å²) < 4.78 is 10.1. The number of esters is 1. The monoisotopic (exact) mass is 342 g/mol. The van der Waals surface area contributed by atoms with Crippen LogP contribution in [0.5, 0.6) is 5.75 Å². The fourth-order valence-electron chi connectivity index (χ4n) is 2.04. The van der Waals surface area contributed by atoms with Crippen molar-refractivity contribution >= 4 is 29.2 Å². The molecule has 2 aromatic carbocycles. The number of amides is 2. The molecule has 0 saturated heterocycles. The zero-order valence-electron chi connectivity index (χ0n) is 13.9. The molecule has 2 N–H and O–H groups in total. The number of nitrogens with one attached hydrogen (secondary N) is 2. The second kappa shape index (κ2) is 8.49. The van der Waals surface area contributed by atoms with Crippen molar-refractivity contribution in [3.05, 3.63) is 54.1 Å². The van der Waals surface area contributed by atoms with Gasteiger partial charge in [0.25, 0.3) is 5.91 Å². The number of benzene rings is 2. The van der Waals surface area contributed by atoms with Gasteiger partial charge in [0.2, 0.25) is 5.91 Å². The van der Waals surface area contributed by atoms with E-state index in [2.05, 4.69) is 10.6 Å². The first kappa shape index (κ1) is 18.0. The standard InChI is InChI=1S/C18H18N2O5/c1-12(21)19-14-9-7-13(8-10-14)18(23)25-11-17(22)20-15-5-3-4-6-16(15)24-2/h3-10H,11H2,1-2H3,(H,19,21)(H,20,22). The van der Waals surface area contributed by atoms with Gasteiger partial charge in [0, 0.05) is 12.6 Å². The zero-order chi connectivity index (χ0) is 18.2. The molecule has 0 aliphatic heterocycles. The molecule has 0 radical (unpaired) electrons. The molecule has 130 valence electrons. The molecule has 7 nitrogen and oxygen atoms in total. The Morgan fingerprint density at radius 1 is 0.960 bits per heavy atom. The minimum absolute atomic E-state index is 0.205. The molecule has 0 aliphatic rings. The van der Waals surface area contributed by atoms with Gasteiger partial charge in [-0.2, -0.15) is 0 Å². The molecular weight excluding hydrogens is 324 g/mol. The van der Waals surface area contributed by atoms with Crippen molar-refractivity contribution in [3.8, 4) is 5.75 Å². The smallest absolute Gasteiger partial charge is 0.338 e. The van der Waals surface area contributed by atoms with Gasteiger partial charge in [-0.15, -0.1) is 0 Å². The fourth-order valence-corrected chi connectivity index (χ4v) is 2.04. The van der Waals surface area contributed by atoms with Crippen LogP contribution < -0.4 is 15.4 Å². The molecule has 0 aliphatic carbocycles. The first-order valence-electron chi connectivity index (χ1n) is 7.47. The van der Waals surface area contributed by atoms with E-state index >= 15 is 0 Å². The van der Waals surface area contributed by atoms with Crippen molar-refractivity contribution in [1.82, 2.24) is 0 Å². The lowest BCUT2D eigenvalue weighted by atomic mass is 10.2. The predicted molar refractivity (Wildman–Crippen MR) is 92.7 cm³/mol. The van der Waals surface area contributed by atoms with Gasteiger partial charge in [0.05, 0.1) is 18.4 Å². The summed E-state index contributed by atoms with van der Waals surface area (Å²) in [6, 6.07) is 13.1. The van der Waals surface area contributed by atoms with Crippen LogP contribution in [0.3, 0.4) is 0 Å². The lowest BCUT2D eigenvalue weighted by Gasteiger charge is -2.10. The number of methoxy groups -OCH3 is 1. The lowest BCUT2D eigenvalue weighted by molar-refractivity contribution is -0.119. The maximum atomic E-state index is 11.9. The zero-order valence-corrected chi connectivity index (χ0v) is 13.9. The van der Waals surface area contributed by atoms with Crippen molar-refractivity contribution in [2.24, 2.45) is 0 Å². The summed E-state index contributed by atoms with van der Waals surface area (Å²) >= 11 is 0. The van der Waals surface area contributed by atoms with Crippen LogP contribution >= 0.6 is 0 Å². The van der Waals surface area contributed by atoms with E-state index in [4.69, 9.17) is 9.47 Å². The molecule has 2 aromatic rings. The van der Waals surface area contributed by atoms with Crippen LogP contribution in [-0.4, -0.2) is 31.5 Å². The van der Waals surface area contributed by atoms with Gasteiger partial charge in [-0.3, -0.25) is 9.59 Å². The molecule has 0 bridgehead atoms. The number of carbonyl (C=O) groups is 3. The van der Waals surface area contributed by atoms with E-state index in [1.165, 1.54) is 26.2 Å². The highest BCUT2D eigenvalue weighted by molar-refractivity contribution is 5.96. The van der Waals surface area contributed by atoms with E-state index < -0.39 is 18.5 Å². The molecule has 0 unspecified atom stereocenters. The van der Waals surface area contributed by atoms with Gasteiger partial charge < -0.3 is 20.1 Å². The molecule has 2 amide bonds. The molecule has 25 heavy (non-hydrogen) atoms. The summed E-state index contributed by atoms with van der Waals surface area (Å²) in [4.78, 5) is 34.8. The van der Waals surface area contributed by atoms with Crippen LogP contribution in [0, 0.1) is 0 Å². The largest absolute Gasteiger partial charge is 0.495 e. The maximum Gasteiger partial charge on any atom is 0.338 e. The van der Waals surface area contributed by atoms with Crippen molar-refractivity contribution in [2.45, 2.75) is 6.92 Å². The summed E-state index contributed by atoms with van der Waals surface area (Å²) in [5, 5.41) is 5.20. The molecule has 0 atom stereocenters. The molecular formula is C18H18N2O5. The van der Waals surface area contributed by atoms with E-state index in [1.54, 1.807) is 36.4 Å². The summed E-state index contributed by atoms with van der Waals surface area (Å²) in [6.45, 7) is 0.965. The minimum atomic E-state index is -0.635. The van der Waals surface area contributed by atoms with E-state index in [0.29, 0.717) is 17.1 Å². The van der Waals surface area contributed by atoms with Crippen LogP contribution in [-0.2, 0) is 14.3 Å². The highest BCUT2D eigenvalue weighted by atomic mass is 16.5. The Balaban J connectivity index is 1.88. The van der Waals surface area contributed by atoms with Gasteiger partial charge >= 0.3 is 5.97 Å². The predicted octanol–water partition coefficient (Wildman–Crippen LogP) is 2.45. The van der Waals surface area contributed by atoms with Gasteiger partial charge in [-0.25, -0.2) is 4.79 Å². The summed E-state index contributed by atoms with van der Waals surface area (Å²) in [5.74, 6) is -0.809. The molecule has 0 heterocycles. The van der Waals surface area contributed by atoms with E-state index in [0.717, 1.165) is 0 Å².